The topological polar surface area (TPSA) is 63.6 Å². The lowest BCUT2D eigenvalue weighted by molar-refractivity contribution is 0.404. The van der Waals surface area contributed by atoms with Crippen LogP contribution in [0, 0.1) is 0 Å². The smallest absolute Gasteiger partial charge is 0.143 e. The number of aromatic hydroxyl groups is 1. The number of ether oxygens (including phenoxy) is 2. The van der Waals surface area contributed by atoms with Gasteiger partial charge in [0.15, 0.2) is 0 Å². The van der Waals surface area contributed by atoms with Gasteiger partial charge in [-0.2, -0.15) is 0 Å². The number of benzene rings is 1. The third-order valence-electron chi connectivity index (χ3n) is 2.74. The van der Waals surface area contributed by atoms with Crippen molar-refractivity contribution in [3.05, 3.63) is 41.2 Å². The first-order chi connectivity index (χ1) is 9.63. The van der Waals surface area contributed by atoms with E-state index in [4.69, 9.17) is 21.1 Å². The van der Waals surface area contributed by atoms with Crippen LogP contribution in [-0.2, 0) is 6.54 Å². The minimum absolute atomic E-state index is 0.138. The molecule has 0 aliphatic carbocycles. The van der Waals surface area contributed by atoms with Crippen LogP contribution >= 0.6 is 11.6 Å². The Labute approximate surface area is 122 Å². The molecule has 0 saturated carbocycles. The largest absolute Gasteiger partial charge is 0.506 e. The van der Waals surface area contributed by atoms with Gasteiger partial charge in [-0.05, 0) is 12.1 Å². The van der Waals surface area contributed by atoms with E-state index in [0.29, 0.717) is 23.1 Å². The maximum Gasteiger partial charge on any atom is 0.143 e. The highest BCUT2D eigenvalue weighted by Gasteiger charge is 2.09. The second kappa shape index (κ2) is 6.34. The minimum Gasteiger partial charge on any atom is -0.506 e. The Morgan fingerprint density at radius 2 is 1.95 bits per heavy atom. The van der Waals surface area contributed by atoms with E-state index in [1.165, 1.54) is 6.20 Å². The fraction of sp³-hybridized carbons (Fsp3) is 0.214. The molecule has 0 unspecified atom stereocenters. The van der Waals surface area contributed by atoms with Crippen LogP contribution < -0.4 is 14.8 Å². The van der Waals surface area contributed by atoms with Gasteiger partial charge in [-0.25, -0.2) is 0 Å². The molecule has 0 spiro atoms. The minimum atomic E-state index is 0.138. The quantitative estimate of drug-likeness (QED) is 0.887. The fourth-order valence-corrected chi connectivity index (χ4v) is 1.94. The van der Waals surface area contributed by atoms with E-state index >= 15 is 0 Å². The summed E-state index contributed by atoms with van der Waals surface area (Å²) < 4.78 is 10.4. The molecule has 0 aliphatic heterocycles. The molecule has 0 bridgehead atoms. The average molecular weight is 295 g/mol. The summed E-state index contributed by atoms with van der Waals surface area (Å²) in [6.07, 6.45) is 1.40. The van der Waals surface area contributed by atoms with Crippen LogP contribution in [0.2, 0.25) is 5.02 Å². The van der Waals surface area contributed by atoms with Crippen LogP contribution in [0.5, 0.6) is 17.2 Å². The molecule has 20 heavy (non-hydrogen) atoms. The molecule has 1 heterocycles. The number of hydrogen-bond acceptors (Lipinski definition) is 5. The van der Waals surface area contributed by atoms with Crippen LogP contribution in [0.4, 0.5) is 5.69 Å². The molecule has 2 rings (SSSR count). The monoisotopic (exact) mass is 294 g/mol. The van der Waals surface area contributed by atoms with Crippen LogP contribution in [0.15, 0.2) is 30.5 Å². The molecular weight excluding hydrogens is 280 g/mol. The number of hydrogen-bond donors (Lipinski definition) is 2. The molecule has 0 atom stereocenters. The molecule has 6 heteroatoms. The number of anilines is 1. The first-order valence-electron chi connectivity index (χ1n) is 5.93. The summed E-state index contributed by atoms with van der Waals surface area (Å²) in [5.41, 5.74) is 1.54. The first kappa shape index (κ1) is 14.3. The summed E-state index contributed by atoms with van der Waals surface area (Å²) in [6, 6.07) is 6.78. The van der Waals surface area contributed by atoms with E-state index in [1.54, 1.807) is 38.5 Å². The summed E-state index contributed by atoms with van der Waals surface area (Å²) in [7, 11) is 3.13. The molecule has 1 aromatic heterocycles. The van der Waals surface area contributed by atoms with Crippen molar-refractivity contribution >= 4 is 17.3 Å². The molecule has 0 fully saturated rings. The number of nitrogens with one attached hydrogen (secondary N) is 1. The Morgan fingerprint density at radius 1 is 1.20 bits per heavy atom. The van der Waals surface area contributed by atoms with Crippen LogP contribution in [-0.4, -0.2) is 24.3 Å². The second-order valence-corrected chi connectivity index (χ2v) is 4.46. The molecular formula is C14H15ClN2O3. The molecule has 0 aliphatic rings. The Kier molecular flexibility index (Phi) is 4.53. The van der Waals surface area contributed by atoms with Crippen molar-refractivity contribution in [2.24, 2.45) is 0 Å². The maximum absolute atomic E-state index is 9.19. The predicted molar refractivity (Wildman–Crippen MR) is 77.8 cm³/mol. The van der Waals surface area contributed by atoms with Gasteiger partial charge in [-0.3, -0.25) is 4.98 Å². The van der Waals surface area contributed by atoms with Crippen molar-refractivity contribution in [3.8, 4) is 17.2 Å². The SMILES string of the molecule is COc1cc(NCc2ccc(O)cn2)c(OC)cc1Cl. The predicted octanol–water partition coefficient (Wildman–Crippen LogP) is 3.07. The van der Waals surface area contributed by atoms with Gasteiger partial charge in [-0.1, -0.05) is 11.6 Å². The highest BCUT2D eigenvalue weighted by atomic mass is 35.5. The van der Waals surface area contributed by atoms with Gasteiger partial charge < -0.3 is 19.9 Å². The number of aromatic nitrogens is 1. The zero-order chi connectivity index (χ0) is 14.5. The summed E-state index contributed by atoms with van der Waals surface area (Å²) in [5, 5.41) is 12.9. The van der Waals surface area contributed by atoms with Crippen molar-refractivity contribution in [2.75, 3.05) is 19.5 Å². The van der Waals surface area contributed by atoms with Crippen LogP contribution in [0.3, 0.4) is 0 Å². The van der Waals surface area contributed by atoms with E-state index in [-0.39, 0.29) is 5.75 Å². The van der Waals surface area contributed by atoms with Crippen molar-refractivity contribution in [3.63, 3.8) is 0 Å². The highest BCUT2D eigenvalue weighted by Crippen LogP contribution is 2.35. The van der Waals surface area contributed by atoms with Gasteiger partial charge in [0.2, 0.25) is 0 Å². The van der Waals surface area contributed by atoms with Crippen molar-refractivity contribution in [1.29, 1.82) is 0 Å². The lowest BCUT2D eigenvalue weighted by Crippen LogP contribution is -2.03. The molecule has 0 amide bonds. The standard InChI is InChI=1S/C14H15ClN2O3/c1-19-13-6-12(14(20-2)5-11(13)15)17-7-9-3-4-10(18)8-16-9/h3-6,8,17-18H,7H2,1-2H3. The summed E-state index contributed by atoms with van der Waals surface area (Å²) in [6.45, 7) is 0.488. The number of halogens is 1. The van der Waals surface area contributed by atoms with Gasteiger partial charge in [0.25, 0.3) is 0 Å². The normalized spacial score (nSPS) is 10.2. The Morgan fingerprint density at radius 3 is 2.55 bits per heavy atom. The van der Waals surface area contributed by atoms with Crippen LogP contribution in [0.25, 0.3) is 0 Å². The highest BCUT2D eigenvalue weighted by molar-refractivity contribution is 6.32. The number of nitrogens with zero attached hydrogens (tertiary/aromatic N) is 1. The van der Waals surface area contributed by atoms with E-state index in [2.05, 4.69) is 10.3 Å². The maximum atomic E-state index is 9.19. The summed E-state index contributed by atoms with van der Waals surface area (Å²) in [4.78, 5) is 4.10. The van der Waals surface area contributed by atoms with Crippen LogP contribution in [0.1, 0.15) is 5.69 Å². The van der Waals surface area contributed by atoms with Gasteiger partial charge in [0.1, 0.15) is 17.2 Å². The summed E-state index contributed by atoms with van der Waals surface area (Å²) in [5.74, 6) is 1.32. The van der Waals surface area contributed by atoms with E-state index < -0.39 is 0 Å². The molecule has 1 aromatic carbocycles. The molecule has 0 radical (unpaired) electrons. The Hall–Kier alpha value is -2.14. The van der Waals surface area contributed by atoms with Gasteiger partial charge in [0.05, 0.1) is 43.4 Å². The first-order valence-corrected chi connectivity index (χ1v) is 6.31. The van der Waals surface area contributed by atoms with Gasteiger partial charge in [0, 0.05) is 12.1 Å². The molecule has 106 valence electrons. The fourth-order valence-electron chi connectivity index (χ4n) is 1.71. The van der Waals surface area contributed by atoms with Crippen molar-refractivity contribution < 1.29 is 14.6 Å². The number of methoxy groups -OCH3 is 2. The lowest BCUT2D eigenvalue weighted by Gasteiger charge is -2.13. The zero-order valence-electron chi connectivity index (χ0n) is 11.2. The zero-order valence-corrected chi connectivity index (χ0v) is 11.9. The summed E-state index contributed by atoms with van der Waals surface area (Å²) >= 11 is 6.04. The van der Waals surface area contributed by atoms with Gasteiger partial charge in [-0.15, -0.1) is 0 Å². The van der Waals surface area contributed by atoms with E-state index in [9.17, 15) is 5.11 Å². The van der Waals surface area contributed by atoms with Crippen molar-refractivity contribution in [2.45, 2.75) is 6.54 Å². The molecule has 5 nitrogen and oxygen atoms in total. The van der Waals surface area contributed by atoms with Crippen molar-refractivity contribution in [1.82, 2.24) is 4.98 Å². The van der Waals surface area contributed by atoms with E-state index in [1.807, 2.05) is 0 Å². The number of pyridine rings is 1. The van der Waals surface area contributed by atoms with E-state index in [0.717, 1.165) is 11.4 Å². The average Bonchev–Trinajstić information content (AvgIpc) is 2.47. The molecule has 0 saturated heterocycles. The lowest BCUT2D eigenvalue weighted by atomic mass is 10.2. The third kappa shape index (κ3) is 3.24. The molecule has 2 N–H and O–H groups in total. The second-order valence-electron chi connectivity index (χ2n) is 4.05. The Bertz CT molecular complexity index is 588. The number of rotatable bonds is 5. The third-order valence-corrected chi connectivity index (χ3v) is 3.04. The van der Waals surface area contributed by atoms with Gasteiger partial charge >= 0.3 is 0 Å². The molecule has 2 aromatic rings. The Balaban J connectivity index is 2.17.